The molecule has 1 aromatic carbocycles. The van der Waals surface area contributed by atoms with Gasteiger partial charge in [0.05, 0.1) is 11.2 Å². The van der Waals surface area contributed by atoms with Gasteiger partial charge in [-0.25, -0.2) is 0 Å². The predicted molar refractivity (Wildman–Crippen MR) is 81.6 cm³/mol. The van der Waals surface area contributed by atoms with Gasteiger partial charge in [0.2, 0.25) is 0 Å². The van der Waals surface area contributed by atoms with E-state index in [2.05, 4.69) is 18.8 Å². The lowest BCUT2D eigenvalue weighted by Gasteiger charge is -2.27. The summed E-state index contributed by atoms with van der Waals surface area (Å²) in [5, 5.41) is 0.994. The van der Waals surface area contributed by atoms with Gasteiger partial charge in [-0.05, 0) is 30.9 Å². The zero-order valence-electron chi connectivity index (χ0n) is 12.0. The minimum atomic E-state index is 0.0943. The molecule has 0 bridgehead atoms. The monoisotopic (exact) mass is 271 g/mol. The number of carbonyl (C=O) groups excluding carboxylic acids is 1. The number of anilines is 1. The van der Waals surface area contributed by atoms with E-state index in [0.717, 1.165) is 30.3 Å². The highest BCUT2D eigenvalue weighted by Gasteiger charge is 2.32. The molecule has 0 saturated carbocycles. The molecule has 1 aliphatic rings. The number of nitrogens with zero attached hydrogens (tertiary/aromatic N) is 1. The van der Waals surface area contributed by atoms with Crippen LogP contribution in [0.25, 0.3) is 10.9 Å². The van der Waals surface area contributed by atoms with Crippen molar-refractivity contribution in [2.24, 2.45) is 5.92 Å². The van der Waals surface area contributed by atoms with Crippen molar-refractivity contribution in [2.75, 3.05) is 12.3 Å². The van der Waals surface area contributed by atoms with E-state index in [1.54, 1.807) is 0 Å². The summed E-state index contributed by atoms with van der Waals surface area (Å²) in [6.07, 6.45) is 2.20. The molecule has 1 aromatic heterocycles. The average molecular weight is 271 g/mol. The second-order valence-corrected chi connectivity index (χ2v) is 5.95. The number of benzene rings is 1. The van der Waals surface area contributed by atoms with Gasteiger partial charge in [0.15, 0.2) is 0 Å². The van der Waals surface area contributed by atoms with E-state index < -0.39 is 0 Å². The molecular formula is C16H21N3O. The summed E-state index contributed by atoms with van der Waals surface area (Å²) >= 11 is 0. The number of amides is 1. The van der Waals surface area contributed by atoms with Gasteiger partial charge in [0.1, 0.15) is 5.69 Å². The summed E-state index contributed by atoms with van der Waals surface area (Å²) in [6.45, 7) is 5.21. The van der Waals surface area contributed by atoms with Crippen molar-refractivity contribution in [1.29, 1.82) is 0 Å². The van der Waals surface area contributed by atoms with Gasteiger partial charge in [-0.1, -0.05) is 26.0 Å². The number of likely N-dealkylation sites (tertiary alicyclic amines) is 1. The molecule has 106 valence electrons. The van der Waals surface area contributed by atoms with Crippen molar-refractivity contribution < 1.29 is 4.79 Å². The third-order valence-electron chi connectivity index (χ3n) is 4.25. The number of hydrogen-bond acceptors (Lipinski definition) is 2. The first-order chi connectivity index (χ1) is 9.58. The van der Waals surface area contributed by atoms with Gasteiger partial charge >= 0.3 is 0 Å². The van der Waals surface area contributed by atoms with Crippen LogP contribution in [0.3, 0.4) is 0 Å². The van der Waals surface area contributed by atoms with Crippen LogP contribution >= 0.6 is 0 Å². The number of fused-ring (bicyclic) bond motifs is 1. The Kier molecular flexibility index (Phi) is 3.16. The van der Waals surface area contributed by atoms with Crippen molar-refractivity contribution >= 4 is 22.5 Å². The fraction of sp³-hybridized carbons (Fsp3) is 0.438. The lowest BCUT2D eigenvalue weighted by Crippen LogP contribution is -2.38. The molecule has 0 spiro atoms. The predicted octanol–water partition coefficient (Wildman–Crippen LogP) is 3.01. The zero-order chi connectivity index (χ0) is 14.3. The van der Waals surface area contributed by atoms with Gasteiger partial charge in [0, 0.05) is 18.0 Å². The lowest BCUT2D eigenvalue weighted by atomic mass is 10.0. The Labute approximate surface area is 118 Å². The van der Waals surface area contributed by atoms with E-state index in [1.165, 1.54) is 0 Å². The van der Waals surface area contributed by atoms with Crippen LogP contribution in [0.2, 0.25) is 0 Å². The summed E-state index contributed by atoms with van der Waals surface area (Å²) in [7, 11) is 0. The molecule has 1 unspecified atom stereocenters. The molecule has 1 fully saturated rings. The van der Waals surface area contributed by atoms with Gasteiger partial charge in [0.25, 0.3) is 5.91 Å². The van der Waals surface area contributed by atoms with Crippen LogP contribution in [0, 0.1) is 5.92 Å². The topological polar surface area (TPSA) is 62.1 Å². The van der Waals surface area contributed by atoms with Crippen LogP contribution < -0.4 is 5.73 Å². The zero-order valence-corrected chi connectivity index (χ0v) is 12.0. The largest absolute Gasteiger partial charge is 0.397 e. The molecule has 1 aliphatic heterocycles. The van der Waals surface area contributed by atoms with Gasteiger partial charge in [-0.3, -0.25) is 4.79 Å². The van der Waals surface area contributed by atoms with Gasteiger partial charge < -0.3 is 15.6 Å². The van der Waals surface area contributed by atoms with Crippen LogP contribution in [0.5, 0.6) is 0 Å². The number of H-pyrrole nitrogens is 1. The second-order valence-electron chi connectivity index (χ2n) is 5.95. The fourth-order valence-corrected chi connectivity index (χ4v) is 3.19. The number of nitrogens with two attached hydrogens (primary N) is 1. The number of nitrogen functional groups attached to an aromatic ring is 1. The molecule has 1 saturated heterocycles. The number of para-hydroxylation sites is 1. The summed E-state index contributed by atoms with van der Waals surface area (Å²) in [5.74, 6) is 0.590. The van der Waals surface area contributed by atoms with E-state index in [0.29, 0.717) is 23.3 Å². The Morgan fingerprint density at radius 3 is 2.95 bits per heavy atom. The minimum absolute atomic E-state index is 0.0943. The van der Waals surface area contributed by atoms with E-state index in [4.69, 9.17) is 5.73 Å². The Morgan fingerprint density at radius 1 is 1.45 bits per heavy atom. The molecule has 20 heavy (non-hydrogen) atoms. The van der Waals surface area contributed by atoms with Crippen LogP contribution in [-0.2, 0) is 0 Å². The highest BCUT2D eigenvalue weighted by molar-refractivity contribution is 6.01. The van der Waals surface area contributed by atoms with Crippen molar-refractivity contribution in [3.63, 3.8) is 0 Å². The Morgan fingerprint density at radius 2 is 2.25 bits per heavy atom. The summed E-state index contributed by atoms with van der Waals surface area (Å²) in [6, 6.07) is 7.99. The molecule has 0 radical (unpaired) electrons. The van der Waals surface area contributed by atoms with Crippen LogP contribution in [0.15, 0.2) is 24.3 Å². The quantitative estimate of drug-likeness (QED) is 0.825. The molecule has 3 N–H and O–H groups in total. The molecular weight excluding hydrogens is 250 g/mol. The normalized spacial score (nSPS) is 19.1. The van der Waals surface area contributed by atoms with E-state index in [-0.39, 0.29) is 5.91 Å². The Bertz CT molecular complexity index is 644. The lowest BCUT2D eigenvalue weighted by molar-refractivity contribution is 0.0696. The number of carbonyl (C=O) groups is 1. The van der Waals surface area contributed by atoms with Crippen LogP contribution in [-0.4, -0.2) is 28.4 Å². The summed E-state index contributed by atoms with van der Waals surface area (Å²) < 4.78 is 0. The number of aromatic amines is 1. The van der Waals surface area contributed by atoms with E-state index in [9.17, 15) is 4.79 Å². The average Bonchev–Trinajstić information content (AvgIpc) is 3.05. The van der Waals surface area contributed by atoms with Crippen molar-refractivity contribution in [3.05, 3.63) is 30.0 Å². The molecule has 1 atom stereocenters. The number of aromatic nitrogens is 1. The third kappa shape index (κ3) is 2.05. The minimum Gasteiger partial charge on any atom is -0.397 e. The Balaban J connectivity index is 1.94. The first kappa shape index (κ1) is 13.0. The molecule has 4 heteroatoms. The maximum absolute atomic E-state index is 12.7. The molecule has 1 amide bonds. The van der Waals surface area contributed by atoms with Gasteiger partial charge in [-0.15, -0.1) is 0 Å². The summed E-state index contributed by atoms with van der Waals surface area (Å²) in [5.41, 5.74) is 8.13. The van der Waals surface area contributed by atoms with Crippen molar-refractivity contribution in [3.8, 4) is 0 Å². The highest BCUT2D eigenvalue weighted by atomic mass is 16.2. The molecule has 4 nitrogen and oxygen atoms in total. The maximum atomic E-state index is 12.7. The summed E-state index contributed by atoms with van der Waals surface area (Å²) in [4.78, 5) is 17.9. The molecule has 2 heterocycles. The number of nitrogens with one attached hydrogen (secondary N) is 1. The maximum Gasteiger partial charge on any atom is 0.270 e. The second kappa shape index (κ2) is 4.85. The highest BCUT2D eigenvalue weighted by Crippen LogP contribution is 2.27. The van der Waals surface area contributed by atoms with Crippen LogP contribution in [0.1, 0.15) is 37.2 Å². The van der Waals surface area contributed by atoms with Crippen LogP contribution in [0.4, 0.5) is 5.69 Å². The molecule has 2 aromatic rings. The molecule has 3 rings (SSSR count). The van der Waals surface area contributed by atoms with Gasteiger partial charge in [-0.2, -0.15) is 0 Å². The third-order valence-corrected chi connectivity index (χ3v) is 4.25. The smallest absolute Gasteiger partial charge is 0.270 e. The first-order valence-electron chi connectivity index (χ1n) is 7.26. The van der Waals surface area contributed by atoms with Crippen molar-refractivity contribution in [1.82, 2.24) is 9.88 Å². The van der Waals surface area contributed by atoms with Crippen molar-refractivity contribution in [2.45, 2.75) is 32.7 Å². The van der Waals surface area contributed by atoms with E-state index >= 15 is 0 Å². The Hall–Kier alpha value is -1.97. The standard InChI is InChI=1S/C16H21N3O/c1-10(2)14-7-4-8-19(14)16(20)13-9-11-5-3-6-12(17)15(11)18-13/h3,5-6,9-10,14,18H,4,7-8,17H2,1-2H3. The number of rotatable bonds is 2. The first-order valence-corrected chi connectivity index (χ1v) is 7.26. The number of hydrogen-bond donors (Lipinski definition) is 2. The SMILES string of the molecule is CC(C)C1CCCN1C(=O)c1cc2cccc(N)c2[nH]1. The molecule has 0 aliphatic carbocycles. The fourth-order valence-electron chi connectivity index (χ4n) is 3.19. The van der Waals surface area contributed by atoms with E-state index in [1.807, 2.05) is 29.2 Å².